The fourth-order valence-corrected chi connectivity index (χ4v) is 3.97. The van der Waals surface area contributed by atoms with Crippen LogP contribution in [0.2, 0.25) is 0 Å². The van der Waals surface area contributed by atoms with Gasteiger partial charge in [-0.05, 0) is 36.6 Å². The molecule has 138 valence electrons. The van der Waals surface area contributed by atoms with Gasteiger partial charge in [-0.2, -0.15) is 5.26 Å². The molecular formula is C22H21NO4. The Morgan fingerprint density at radius 2 is 1.81 bits per heavy atom. The minimum absolute atomic E-state index is 0.106. The quantitative estimate of drug-likeness (QED) is 0.771. The van der Waals surface area contributed by atoms with E-state index in [2.05, 4.69) is 6.07 Å². The molecule has 5 nitrogen and oxygen atoms in total. The third-order valence-corrected chi connectivity index (χ3v) is 5.44. The number of carbonyl (C=O) groups excluding carboxylic acids is 1. The number of benzene rings is 2. The van der Waals surface area contributed by atoms with Crippen molar-refractivity contribution in [1.82, 2.24) is 0 Å². The Morgan fingerprint density at radius 3 is 2.59 bits per heavy atom. The van der Waals surface area contributed by atoms with E-state index in [9.17, 15) is 10.1 Å². The summed E-state index contributed by atoms with van der Waals surface area (Å²) < 4.78 is 17.0. The molecule has 1 aliphatic heterocycles. The molecule has 2 aromatic carbocycles. The second-order valence-electron chi connectivity index (χ2n) is 6.99. The first kappa shape index (κ1) is 17.4. The van der Waals surface area contributed by atoms with Crippen LogP contribution < -0.4 is 9.47 Å². The molecule has 2 aromatic rings. The molecule has 0 radical (unpaired) electrons. The van der Waals surface area contributed by atoms with Gasteiger partial charge in [-0.3, -0.25) is 4.79 Å². The van der Waals surface area contributed by atoms with E-state index in [1.807, 2.05) is 30.3 Å². The molecule has 0 aromatic heterocycles. The maximum absolute atomic E-state index is 13.1. The Labute approximate surface area is 158 Å². The average molecular weight is 363 g/mol. The van der Waals surface area contributed by atoms with Gasteiger partial charge >= 0.3 is 5.97 Å². The van der Waals surface area contributed by atoms with Crippen LogP contribution in [0.25, 0.3) is 0 Å². The van der Waals surface area contributed by atoms with Crippen LogP contribution >= 0.6 is 0 Å². The average Bonchev–Trinajstić information content (AvgIpc) is 3.23. The second kappa shape index (κ2) is 7.32. The van der Waals surface area contributed by atoms with Crippen molar-refractivity contribution >= 4 is 5.97 Å². The first-order valence-corrected chi connectivity index (χ1v) is 9.28. The predicted molar refractivity (Wildman–Crippen MR) is 98.5 cm³/mol. The smallest absolute Gasteiger partial charge is 0.316 e. The Bertz CT molecular complexity index is 893. The fourth-order valence-electron chi connectivity index (χ4n) is 3.97. The zero-order valence-electron chi connectivity index (χ0n) is 15.1. The molecule has 4 rings (SSSR count). The summed E-state index contributed by atoms with van der Waals surface area (Å²) in [6, 6.07) is 15.1. The van der Waals surface area contributed by atoms with E-state index in [-0.39, 0.29) is 12.6 Å². The van der Waals surface area contributed by atoms with Crippen molar-refractivity contribution < 1.29 is 19.0 Å². The SMILES string of the molecule is N#Cc1ccccc1COC(=O)C1(c2ccc3c(c2)OCCO3)CCCC1. The monoisotopic (exact) mass is 363 g/mol. The van der Waals surface area contributed by atoms with Crippen molar-refractivity contribution in [2.75, 3.05) is 13.2 Å². The van der Waals surface area contributed by atoms with Crippen molar-refractivity contribution in [2.24, 2.45) is 0 Å². The van der Waals surface area contributed by atoms with Crippen molar-refractivity contribution in [3.05, 3.63) is 59.2 Å². The Morgan fingerprint density at radius 1 is 1.07 bits per heavy atom. The molecule has 0 N–H and O–H groups in total. The molecule has 5 heteroatoms. The molecule has 1 heterocycles. The summed E-state index contributed by atoms with van der Waals surface area (Å²) in [4.78, 5) is 13.1. The maximum atomic E-state index is 13.1. The van der Waals surface area contributed by atoms with E-state index >= 15 is 0 Å². The van der Waals surface area contributed by atoms with Gasteiger partial charge in [-0.25, -0.2) is 0 Å². The van der Waals surface area contributed by atoms with Crippen molar-refractivity contribution in [1.29, 1.82) is 5.26 Å². The van der Waals surface area contributed by atoms with Crippen LogP contribution in [0, 0.1) is 11.3 Å². The number of esters is 1. The van der Waals surface area contributed by atoms with Crippen molar-refractivity contribution in [2.45, 2.75) is 37.7 Å². The molecule has 0 unspecified atom stereocenters. The van der Waals surface area contributed by atoms with Gasteiger partial charge in [0.15, 0.2) is 11.5 Å². The Kier molecular flexibility index (Phi) is 4.72. The first-order chi connectivity index (χ1) is 13.2. The van der Waals surface area contributed by atoms with Crippen LogP contribution in [-0.2, 0) is 21.6 Å². The number of rotatable bonds is 4. The number of hydrogen-bond acceptors (Lipinski definition) is 5. The number of carbonyl (C=O) groups is 1. The van der Waals surface area contributed by atoms with Crippen LogP contribution in [0.4, 0.5) is 0 Å². The Hall–Kier alpha value is -3.00. The number of nitrogens with zero attached hydrogens (tertiary/aromatic N) is 1. The van der Waals surface area contributed by atoms with E-state index < -0.39 is 5.41 Å². The summed E-state index contributed by atoms with van der Waals surface area (Å²) in [6.07, 6.45) is 3.48. The lowest BCUT2D eigenvalue weighted by atomic mass is 9.78. The van der Waals surface area contributed by atoms with Crippen LogP contribution in [0.1, 0.15) is 42.4 Å². The number of fused-ring (bicyclic) bond motifs is 1. The van der Waals surface area contributed by atoms with Gasteiger partial charge < -0.3 is 14.2 Å². The maximum Gasteiger partial charge on any atom is 0.316 e. The highest BCUT2D eigenvalue weighted by molar-refractivity contribution is 5.84. The first-order valence-electron chi connectivity index (χ1n) is 9.28. The zero-order chi connectivity index (χ0) is 18.7. The number of hydrogen-bond donors (Lipinski definition) is 0. The third-order valence-electron chi connectivity index (χ3n) is 5.44. The molecule has 0 amide bonds. The molecular weight excluding hydrogens is 342 g/mol. The van der Waals surface area contributed by atoms with Gasteiger partial charge in [-0.15, -0.1) is 0 Å². The summed E-state index contributed by atoms with van der Waals surface area (Å²) in [6.45, 7) is 1.16. The lowest BCUT2D eigenvalue weighted by Crippen LogP contribution is -2.35. The molecule has 0 saturated heterocycles. The molecule has 1 saturated carbocycles. The van der Waals surface area contributed by atoms with Crippen LogP contribution in [0.5, 0.6) is 11.5 Å². The topological polar surface area (TPSA) is 68.5 Å². The highest BCUT2D eigenvalue weighted by Gasteiger charge is 2.44. The van der Waals surface area contributed by atoms with Crippen molar-refractivity contribution in [3.8, 4) is 17.6 Å². The predicted octanol–water partition coefficient (Wildman–Crippen LogP) is 3.88. The lowest BCUT2D eigenvalue weighted by Gasteiger charge is -2.29. The largest absolute Gasteiger partial charge is 0.486 e. The van der Waals surface area contributed by atoms with E-state index in [1.54, 1.807) is 12.1 Å². The zero-order valence-corrected chi connectivity index (χ0v) is 15.1. The summed E-state index contributed by atoms with van der Waals surface area (Å²) >= 11 is 0. The molecule has 0 spiro atoms. The standard InChI is InChI=1S/C22H21NO4/c23-14-16-5-1-2-6-17(16)15-27-21(24)22(9-3-4-10-22)18-7-8-19-20(13-18)26-12-11-25-19/h1-2,5-8,13H,3-4,9-12,15H2. The molecule has 0 bridgehead atoms. The van der Waals surface area contributed by atoms with Gasteiger partial charge in [0.2, 0.25) is 0 Å². The van der Waals surface area contributed by atoms with E-state index in [0.717, 1.165) is 42.6 Å². The van der Waals surface area contributed by atoms with E-state index in [1.165, 1.54) is 0 Å². The van der Waals surface area contributed by atoms with Gasteiger partial charge in [-0.1, -0.05) is 37.1 Å². The fraction of sp³-hybridized carbons (Fsp3) is 0.364. The molecule has 0 atom stereocenters. The molecule has 2 aliphatic rings. The summed E-state index contributed by atoms with van der Waals surface area (Å²) in [5, 5.41) is 9.22. The summed E-state index contributed by atoms with van der Waals surface area (Å²) in [5.41, 5.74) is 1.52. The van der Waals surface area contributed by atoms with Crippen LogP contribution in [0.3, 0.4) is 0 Å². The van der Waals surface area contributed by atoms with Gasteiger partial charge in [0.05, 0.1) is 17.0 Å². The van der Waals surface area contributed by atoms with Crippen LogP contribution in [0.15, 0.2) is 42.5 Å². The summed E-state index contributed by atoms with van der Waals surface area (Å²) in [7, 11) is 0. The second-order valence-corrected chi connectivity index (χ2v) is 6.99. The van der Waals surface area contributed by atoms with Gasteiger partial charge in [0.25, 0.3) is 0 Å². The highest BCUT2D eigenvalue weighted by Crippen LogP contribution is 2.45. The normalized spacial score (nSPS) is 17.1. The molecule has 1 fully saturated rings. The minimum atomic E-state index is -0.655. The van der Waals surface area contributed by atoms with Crippen LogP contribution in [-0.4, -0.2) is 19.2 Å². The minimum Gasteiger partial charge on any atom is -0.486 e. The van der Waals surface area contributed by atoms with E-state index in [0.29, 0.717) is 24.5 Å². The third kappa shape index (κ3) is 3.23. The lowest BCUT2D eigenvalue weighted by molar-refractivity contribution is -0.152. The number of nitriles is 1. The van der Waals surface area contributed by atoms with E-state index in [4.69, 9.17) is 14.2 Å². The molecule has 1 aliphatic carbocycles. The highest BCUT2D eigenvalue weighted by atomic mass is 16.6. The molecule has 27 heavy (non-hydrogen) atoms. The van der Waals surface area contributed by atoms with Crippen molar-refractivity contribution in [3.63, 3.8) is 0 Å². The summed E-state index contributed by atoms with van der Waals surface area (Å²) in [5.74, 6) is 1.17. The number of ether oxygens (including phenoxy) is 3. The Balaban J connectivity index is 1.58. The van der Waals surface area contributed by atoms with Gasteiger partial charge in [0, 0.05) is 5.56 Å². The van der Waals surface area contributed by atoms with Gasteiger partial charge in [0.1, 0.15) is 19.8 Å².